The summed E-state index contributed by atoms with van der Waals surface area (Å²) in [6, 6.07) is 0. The molecule has 0 radical (unpaired) electrons. The zero-order valence-electron chi connectivity index (χ0n) is 42.4. The third-order valence-corrected chi connectivity index (χ3v) is 20.0. The van der Waals surface area contributed by atoms with Gasteiger partial charge >= 0.3 is 0 Å². The van der Waals surface area contributed by atoms with Crippen molar-refractivity contribution in [3.05, 3.63) is 0 Å². The standard InChI is InChI=1S/C50H82O24/c1-18-7-10-50(66-16-18)19(2)29-41(74-50)34(59)30-21-6-5-20-11-25(23(54)12-49(20,4)22(21)8-9-48(29,30)3)67-45-39(64)36(61)40(28(15-53)70-45)71-47-43(73-46-38(63)35(60)32(57)26(13-51)68-46)42(33(58)27(14-52)69-47)72-44-37(62)31(56)24(55)17-65-44/h18-47,51-64H,5-17H2,1-4H3/t18-,19+,20+,21-,22+,23-,24-,25-,26-,27-,28-,29+,30-,31+,32+,33-,34+,35+,36-,37-,38-,39-,40+,41-,42+,43-,44+,45-,46+,47+,48-,49+,50-/m1/s1. The molecule has 6 saturated heterocycles. The van der Waals surface area contributed by atoms with Gasteiger partial charge in [0, 0.05) is 18.3 Å². The molecule has 10 fully saturated rings. The number of aliphatic hydroxyl groups excluding tert-OH is 14. The summed E-state index contributed by atoms with van der Waals surface area (Å²) >= 11 is 0. The largest absolute Gasteiger partial charge is 0.394 e. The summed E-state index contributed by atoms with van der Waals surface area (Å²) in [5, 5.41) is 154. The first-order valence-electron chi connectivity index (χ1n) is 26.9. The summed E-state index contributed by atoms with van der Waals surface area (Å²) in [7, 11) is 0. The van der Waals surface area contributed by atoms with Crippen LogP contribution in [-0.2, 0) is 47.4 Å². The Morgan fingerprint density at radius 1 is 0.514 bits per heavy atom. The molecule has 14 N–H and O–H groups in total. The molecule has 10 aliphatic rings. The van der Waals surface area contributed by atoms with Crippen molar-refractivity contribution in [2.24, 2.45) is 52.3 Å². The molecule has 4 saturated carbocycles. The van der Waals surface area contributed by atoms with Crippen molar-refractivity contribution >= 4 is 0 Å². The van der Waals surface area contributed by atoms with Gasteiger partial charge in [0.05, 0.1) is 57.5 Å². The van der Waals surface area contributed by atoms with Crippen LogP contribution in [0.1, 0.15) is 79.1 Å². The van der Waals surface area contributed by atoms with E-state index in [1.807, 2.05) is 0 Å². The summed E-state index contributed by atoms with van der Waals surface area (Å²) in [6.07, 6.45) is -30.7. The van der Waals surface area contributed by atoms with Gasteiger partial charge in [0.25, 0.3) is 0 Å². The van der Waals surface area contributed by atoms with Gasteiger partial charge in [-0.3, -0.25) is 0 Å². The molecule has 0 aromatic rings. The Hall–Kier alpha value is -0.960. The topological polar surface area (TPSA) is 376 Å². The maximum atomic E-state index is 12.3. The first kappa shape index (κ1) is 56.3. The molecule has 24 heteroatoms. The lowest BCUT2D eigenvalue weighted by Gasteiger charge is -2.62. The quantitative estimate of drug-likeness (QED) is 0.0870. The molecule has 33 atom stereocenters. The fraction of sp³-hybridized carbons (Fsp3) is 1.00. The Kier molecular flexibility index (Phi) is 16.4. The van der Waals surface area contributed by atoms with Crippen molar-refractivity contribution in [3.63, 3.8) is 0 Å². The summed E-state index contributed by atoms with van der Waals surface area (Å²) < 4.78 is 60.8. The molecule has 0 amide bonds. The zero-order valence-corrected chi connectivity index (χ0v) is 42.4. The van der Waals surface area contributed by atoms with Crippen molar-refractivity contribution in [1.82, 2.24) is 0 Å². The lowest BCUT2D eigenvalue weighted by atomic mass is 9.44. The van der Waals surface area contributed by atoms with Gasteiger partial charge < -0.3 is 119 Å². The highest BCUT2D eigenvalue weighted by molar-refractivity contribution is 5.19. The molecule has 0 unspecified atom stereocenters. The molecule has 4 aliphatic carbocycles. The fourth-order valence-corrected chi connectivity index (χ4v) is 16.0. The van der Waals surface area contributed by atoms with E-state index < -0.39 is 167 Å². The SMILES string of the molecule is C[C@@H]1CC[C@@]2(OC1)O[C@H]1[C@@H](O)[C@H]3[C@@H]4CC[C@H]5C[C@@H](O[C@@H]6O[C@H](CO)[C@H](O[C@@H]7O[C@H](CO)[C@@H](O)[C@H](O[C@@H]8OC[C@@H](O)[C@H](O)[C@H]8O)[C@H]7O[C@@H]7O[C@H](CO)[C@H](O)[C@H](O)[C@H]7O)[C@H](O)[C@H]6O)[C@H](O)C[C@]5(C)[C@H]4CC[C@]3(C)[C@H]1[C@@H]2C. The molecule has 426 valence electrons. The Balaban J connectivity index is 0.830. The minimum absolute atomic E-state index is 0.0229. The van der Waals surface area contributed by atoms with Gasteiger partial charge in [0.15, 0.2) is 30.9 Å². The van der Waals surface area contributed by atoms with E-state index in [-0.39, 0.29) is 52.4 Å². The van der Waals surface area contributed by atoms with Crippen LogP contribution < -0.4 is 0 Å². The monoisotopic (exact) mass is 1070 g/mol. The summed E-state index contributed by atoms with van der Waals surface area (Å²) in [5.41, 5.74) is -0.460. The van der Waals surface area contributed by atoms with E-state index >= 15 is 0 Å². The summed E-state index contributed by atoms with van der Waals surface area (Å²) in [4.78, 5) is 0. The second-order valence-corrected chi connectivity index (χ2v) is 24.1. The van der Waals surface area contributed by atoms with E-state index in [1.54, 1.807) is 0 Å². The zero-order chi connectivity index (χ0) is 53.1. The smallest absolute Gasteiger partial charge is 0.187 e. The van der Waals surface area contributed by atoms with Crippen LogP contribution in [0, 0.1) is 52.3 Å². The highest BCUT2D eigenvalue weighted by Crippen LogP contribution is 2.71. The van der Waals surface area contributed by atoms with Crippen LogP contribution in [0.2, 0.25) is 0 Å². The first-order valence-corrected chi connectivity index (χ1v) is 26.9. The Morgan fingerprint density at radius 3 is 1.82 bits per heavy atom. The molecule has 6 heterocycles. The number of aliphatic hydroxyl groups is 14. The van der Waals surface area contributed by atoms with Crippen LogP contribution in [0.15, 0.2) is 0 Å². The Labute approximate surface area is 429 Å². The summed E-state index contributed by atoms with van der Waals surface area (Å²) in [5.74, 6) is 0.623. The molecule has 1 spiro atoms. The second kappa shape index (κ2) is 21.5. The lowest BCUT2D eigenvalue weighted by Crippen LogP contribution is -2.68. The maximum absolute atomic E-state index is 12.3. The molecular weight excluding hydrogens is 985 g/mol. The van der Waals surface area contributed by atoms with E-state index in [1.165, 1.54) is 0 Å². The molecule has 0 aromatic carbocycles. The van der Waals surface area contributed by atoms with Crippen molar-refractivity contribution in [3.8, 4) is 0 Å². The van der Waals surface area contributed by atoms with Gasteiger partial charge in [-0.15, -0.1) is 0 Å². The maximum Gasteiger partial charge on any atom is 0.187 e. The van der Waals surface area contributed by atoms with Crippen LogP contribution in [0.5, 0.6) is 0 Å². The van der Waals surface area contributed by atoms with Gasteiger partial charge in [-0.05, 0) is 85.4 Å². The van der Waals surface area contributed by atoms with Crippen molar-refractivity contribution in [1.29, 1.82) is 0 Å². The van der Waals surface area contributed by atoms with Gasteiger partial charge in [-0.1, -0.05) is 27.7 Å². The molecule has 24 nitrogen and oxygen atoms in total. The minimum atomic E-state index is -2.03. The average molecular weight is 1070 g/mol. The predicted molar refractivity (Wildman–Crippen MR) is 245 cm³/mol. The normalized spacial score (nSPS) is 58.6. The fourth-order valence-electron chi connectivity index (χ4n) is 16.0. The third kappa shape index (κ3) is 9.35. The van der Waals surface area contributed by atoms with Crippen LogP contribution >= 0.6 is 0 Å². The van der Waals surface area contributed by atoms with Crippen LogP contribution in [0.4, 0.5) is 0 Å². The van der Waals surface area contributed by atoms with E-state index in [0.717, 1.165) is 38.5 Å². The van der Waals surface area contributed by atoms with Crippen molar-refractivity contribution in [2.45, 2.75) is 226 Å². The number of fused-ring (bicyclic) bond motifs is 7. The van der Waals surface area contributed by atoms with Crippen LogP contribution in [-0.4, -0.2) is 251 Å². The predicted octanol–water partition coefficient (Wildman–Crippen LogP) is -4.33. The second-order valence-electron chi connectivity index (χ2n) is 24.1. The average Bonchev–Trinajstić information content (AvgIpc) is 3.79. The molecule has 6 aliphatic heterocycles. The van der Waals surface area contributed by atoms with Crippen molar-refractivity contribution in [2.75, 3.05) is 33.0 Å². The van der Waals surface area contributed by atoms with Gasteiger partial charge in [0.1, 0.15) is 91.6 Å². The molecule has 10 rings (SSSR count). The van der Waals surface area contributed by atoms with E-state index in [4.69, 9.17) is 47.4 Å². The van der Waals surface area contributed by atoms with Crippen molar-refractivity contribution < 1.29 is 119 Å². The number of hydrogen-bond donors (Lipinski definition) is 14. The van der Waals surface area contributed by atoms with Gasteiger partial charge in [-0.2, -0.15) is 0 Å². The van der Waals surface area contributed by atoms with Gasteiger partial charge in [0.2, 0.25) is 0 Å². The van der Waals surface area contributed by atoms with Gasteiger partial charge in [-0.25, -0.2) is 0 Å². The molecule has 0 bridgehead atoms. The van der Waals surface area contributed by atoms with Crippen LogP contribution in [0.25, 0.3) is 0 Å². The van der Waals surface area contributed by atoms with E-state index in [2.05, 4.69) is 27.7 Å². The molecule has 74 heavy (non-hydrogen) atoms. The first-order chi connectivity index (χ1) is 35.1. The minimum Gasteiger partial charge on any atom is -0.394 e. The highest BCUT2D eigenvalue weighted by atomic mass is 16.8. The lowest BCUT2D eigenvalue weighted by molar-refractivity contribution is -0.404. The highest BCUT2D eigenvalue weighted by Gasteiger charge is 2.73. The summed E-state index contributed by atoms with van der Waals surface area (Å²) in [6.45, 7) is 6.51. The molecule has 0 aromatic heterocycles. The molecular formula is C50H82O24. The number of hydrogen-bond acceptors (Lipinski definition) is 24. The van der Waals surface area contributed by atoms with E-state index in [9.17, 15) is 71.5 Å². The number of ether oxygens (including phenoxy) is 10. The number of rotatable bonds is 11. The van der Waals surface area contributed by atoms with Crippen LogP contribution in [0.3, 0.4) is 0 Å². The Morgan fingerprint density at radius 2 is 1.14 bits per heavy atom. The van der Waals surface area contributed by atoms with E-state index in [0.29, 0.717) is 25.4 Å². The third-order valence-electron chi connectivity index (χ3n) is 20.0. The Bertz CT molecular complexity index is 1900.